The lowest BCUT2D eigenvalue weighted by molar-refractivity contribution is 0.252. The molecule has 0 radical (unpaired) electrons. The van der Waals surface area contributed by atoms with Crippen molar-refractivity contribution in [3.05, 3.63) is 84.4 Å². The van der Waals surface area contributed by atoms with Crippen molar-refractivity contribution in [2.45, 2.75) is 13.0 Å². The van der Waals surface area contributed by atoms with Crippen molar-refractivity contribution in [2.24, 2.45) is 4.99 Å². The van der Waals surface area contributed by atoms with Crippen LogP contribution in [0.15, 0.2) is 82.5 Å². The highest BCUT2D eigenvalue weighted by Crippen LogP contribution is 2.15. The first kappa shape index (κ1) is 14.8. The summed E-state index contributed by atoms with van der Waals surface area (Å²) in [6.45, 7) is 1.92. The molecule has 5 heteroatoms. The third-order valence-electron chi connectivity index (χ3n) is 3.36. The van der Waals surface area contributed by atoms with E-state index in [0.717, 1.165) is 11.4 Å². The summed E-state index contributed by atoms with van der Waals surface area (Å²) in [4.78, 5) is 17.0. The minimum atomic E-state index is -0.262. The van der Waals surface area contributed by atoms with E-state index in [-0.39, 0.29) is 12.1 Å². The van der Waals surface area contributed by atoms with Gasteiger partial charge in [-0.3, -0.25) is 9.56 Å². The highest BCUT2D eigenvalue weighted by molar-refractivity contribution is 5.90. The van der Waals surface area contributed by atoms with Gasteiger partial charge >= 0.3 is 6.03 Å². The van der Waals surface area contributed by atoms with Gasteiger partial charge in [-0.2, -0.15) is 0 Å². The van der Waals surface area contributed by atoms with Crippen molar-refractivity contribution in [1.29, 1.82) is 0 Å². The van der Waals surface area contributed by atoms with Crippen LogP contribution in [0, 0.1) is 0 Å². The van der Waals surface area contributed by atoms with Crippen molar-refractivity contribution in [2.75, 3.05) is 5.32 Å². The van der Waals surface area contributed by atoms with Crippen molar-refractivity contribution in [1.82, 2.24) is 4.57 Å². The van der Waals surface area contributed by atoms with Gasteiger partial charge in [0.2, 0.25) is 0 Å². The van der Waals surface area contributed by atoms with Crippen LogP contribution in [0.2, 0.25) is 0 Å². The Balaban J connectivity index is 1.90. The molecule has 2 aromatic heterocycles. The minimum Gasteiger partial charge on any atom is -0.467 e. The zero-order valence-electron chi connectivity index (χ0n) is 12.7. The van der Waals surface area contributed by atoms with Gasteiger partial charge in [0.05, 0.1) is 6.26 Å². The van der Waals surface area contributed by atoms with Crippen LogP contribution in [0.3, 0.4) is 0 Å². The molecule has 0 aliphatic heterocycles. The Hall–Kier alpha value is -3.08. The molecule has 0 aliphatic carbocycles. The summed E-state index contributed by atoms with van der Waals surface area (Å²) in [6, 6.07) is 18.0. The summed E-state index contributed by atoms with van der Waals surface area (Å²) >= 11 is 0. The van der Waals surface area contributed by atoms with E-state index in [2.05, 4.69) is 10.3 Å². The Labute approximate surface area is 133 Å². The monoisotopic (exact) mass is 307 g/mol. The number of rotatable bonds is 3. The van der Waals surface area contributed by atoms with Crippen LogP contribution in [-0.4, -0.2) is 10.6 Å². The van der Waals surface area contributed by atoms with Crippen LogP contribution in [-0.2, 0) is 0 Å². The summed E-state index contributed by atoms with van der Waals surface area (Å²) in [5, 5.41) is 2.85. The van der Waals surface area contributed by atoms with Gasteiger partial charge in [0.1, 0.15) is 17.3 Å². The van der Waals surface area contributed by atoms with E-state index in [9.17, 15) is 4.79 Å². The number of furan rings is 1. The number of anilines is 1. The number of benzene rings is 1. The number of carbonyl (C=O) groups excluding carboxylic acids is 1. The molecule has 1 amide bonds. The first-order valence-corrected chi connectivity index (χ1v) is 7.35. The Morgan fingerprint density at radius 1 is 1.09 bits per heavy atom. The maximum absolute atomic E-state index is 12.5. The lowest BCUT2D eigenvalue weighted by atomic mass is 10.3. The van der Waals surface area contributed by atoms with Crippen LogP contribution in [0.5, 0.6) is 0 Å². The molecule has 0 fully saturated rings. The number of aromatic nitrogens is 1. The SMILES string of the molecule is C[C@@H](N=c1ccccn1C(=O)Nc1ccccc1)c1ccco1. The fourth-order valence-electron chi connectivity index (χ4n) is 2.21. The van der Waals surface area contributed by atoms with Gasteiger partial charge in [-0.1, -0.05) is 24.3 Å². The number of para-hydroxylation sites is 1. The first-order valence-electron chi connectivity index (χ1n) is 7.35. The molecule has 0 saturated carbocycles. The van der Waals surface area contributed by atoms with Crippen LogP contribution in [0.25, 0.3) is 0 Å². The Kier molecular flexibility index (Phi) is 4.38. The lowest BCUT2D eigenvalue weighted by Gasteiger charge is -2.09. The molecule has 0 unspecified atom stereocenters. The second-order valence-corrected chi connectivity index (χ2v) is 5.05. The number of amides is 1. The molecular weight excluding hydrogens is 290 g/mol. The Morgan fingerprint density at radius 2 is 1.87 bits per heavy atom. The predicted octanol–water partition coefficient (Wildman–Crippen LogP) is 3.82. The van der Waals surface area contributed by atoms with Crippen LogP contribution >= 0.6 is 0 Å². The molecule has 1 atom stereocenters. The van der Waals surface area contributed by atoms with Crippen molar-refractivity contribution < 1.29 is 9.21 Å². The van der Waals surface area contributed by atoms with Gasteiger partial charge in [-0.05, 0) is 43.3 Å². The summed E-state index contributed by atoms with van der Waals surface area (Å²) in [5.41, 5.74) is 1.30. The molecule has 0 saturated heterocycles. The van der Waals surface area contributed by atoms with E-state index in [1.54, 1.807) is 24.6 Å². The first-order chi connectivity index (χ1) is 11.2. The zero-order chi connectivity index (χ0) is 16.1. The second-order valence-electron chi connectivity index (χ2n) is 5.05. The molecule has 5 nitrogen and oxygen atoms in total. The van der Waals surface area contributed by atoms with E-state index >= 15 is 0 Å². The van der Waals surface area contributed by atoms with Crippen LogP contribution < -0.4 is 10.8 Å². The number of hydrogen-bond donors (Lipinski definition) is 1. The van der Waals surface area contributed by atoms with E-state index in [4.69, 9.17) is 4.42 Å². The van der Waals surface area contributed by atoms with Gasteiger partial charge in [0.15, 0.2) is 0 Å². The molecule has 1 aromatic carbocycles. The summed E-state index contributed by atoms with van der Waals surface area (Å²) in [7, 11) is 0. The van der Waals surface area contributed by atoms with Crippen molar-refractivity contribution >= 4 is 11.7 Å². The maximum Gasteiger partial charge on any atom is 0.331 e. The molecule has 0 aliphatic rings. The third-order valence-corrected chi connectivity index (χ3v) is 3.36. The molecule has 1 N–H and O–H groups in total. The number of pyridine rings is 1. The van der Waals surface area contributed by atoms with Crippen LogP contribution in [0.1, 0.15) is 18.7 Å². The van der Waals surface area contributed by atoms with Gasteiger partial charge in [0, 0.05) is 11.9 Å². The topological polar surface area (TPSA) is 59.5 Å². The standard InChI is InChI=1S/C18H17N3O2/c1-14(16-10-7-13-23-16)19-17-11-5-6-12-21(17)18(22)20-15-8-3-2-4-9-15/h2-14H,1H3,(H,20,22)/t14-/m1/s1. The molecule has 3 rings (SSSR count). The lowest BCUT2D eigenvalue weighted by Crippen LogP contribution is -2.31. The van der Waals surface area contributed by atoms with Crippen molar-refractivity contribution in [3.63, 3.8) is 0 Å². The molecule has 0 bridgehead atoms. The molecule has 3 aromatic rings. The molecular formula is C18H17N3O2. The quantitative estimate of drug-likeness (QED) is 0.799. The largest absolute Gasteiger partial charge is 0.467 e. The molecule has 23 heavy (non-hydrogen) atoms. The van der Waals surface area contributed by atoms with Gasteiger partial charge in [-0.25, -0.2) is 4.79 Å². The fraction of sp³-hybridized carbons (Fsp3) is 0.111. The van der Waals surface area contributed by atoms with Gasteiger partial charge in [0.25, 0.3) is 0 Å². The number of hydrogen-bond acceptors (Lipinski definition) is 3. The van der Waals surface area contributed by atoms with Crippen LogP contribution in [0.4, 0.5) is 10.5 Å². The van der Waals surface area contributed by atoms with Crippen molar-refractivity contribution in [3.8, 4) is 0 Å². The highest BCUT2D eigenvalue weighted by atomic mass is 16.3. The number of nitrogens with one attached hydrogen (secondary N) is 1. The molecule has 2 heterocycles. The minimum absolute atomic E-state index is 0.178. The third kappa shape index (κ3) is 3.58. The highest BCUT2D eigenvalue weighted by Gasteiger charge is 2.09. The number of carbonyl (C=O) groups is 1. The predicted molar refractivity (Wildman–Crippen MR) is 88.0 cm³/mol. The van der Waals surface area contributed by atoms with Gasteiger partial charge in [-0.15, -0.1) is 0 Å². The van der Waals surface area contributed by atoms with E-state index in [1.165, 1.54) is 4.57 Å². The smallest absolute Gasteiger partial charge is 0.331 e. The van der Waals surface area contributed by atoms with E-state index in [1.807, 2.05) is 55.5 Å². The Bertz CT molecular complexity index is 836. The number of nitrogens with zero attached hydrogens (tertiary/aromatic N) is 2. The summed E-state index contributed by atoms with van der Waals surface area (Å²) < 4.78 is 6.84. The fourth-order valence-corrected chi connectivity index (χ4v) is 2.21. The second kappa shape index (κ2) is 6.79. The van der Waals surface area contributed by atoms with Gasteiger partial charge < -0.3 is 9.73 Å². The summed E-state index contributed by atoms with van der Waals surface area (Å²) in [5.74, 6) is 0.754. The average molecular weight is 307 g/mol. The van der Waals surface area contributed by atoms with E-state index in [0.29, 0.717) is 5.49 Å². The Morgan fingerprint density at radius 3 is 2.61 bits per heavy atom. The molecule has 0 spiro atoms. The average Bonchev–Trinajstić information content (AvgIpc) is 3.11. The normalized spacial score (nSPS) is 12.8. The van der Waals surface area contributed by atoms with E-state index < -0.39 is 0 Å². The zero-order valence-corrected chi connectivity index (χ0v) is 12.7. The molecule has 116 valence electrons. The summed E-state index contributed by atoms with van der Waals surface area (Å²) in [6.07, 6.45) is 3.30. The maximum atomic E-state index is 12.5.